The second-order valence-corrected chi connectivity index (χ2v) is 13.4. The molecule has 4 aliphatic carbocycles. The number of carbonyl (C=O) groups excluding carboxylic acids is 1. The van der Waals surface area contributed by atoms with Gasteiger partial charge in [-0.15, -0.1) is 0 Å². The Bertz CT molecular complexity index is 815. The van der Waals surface area contributed by atoms with Crippen molar-refractivity contribution in [3.8, 4) is 0 Å². The average molecular weight is 441 g/mol. The molecule has 4 aliphatic rings. The number of aliphatic hydroxyl groups excluding tert-OH is 1. The van der Waals surface area contributed by atoms with E-state index in [0.717, 1.165) is 25.7 Å². The molecule has 32 heavy (non-hydrogen) atoms. The predicted octanol–water partition coefficient (Wildman–Crippen LogP) is 7.66. The summed E-state index contributed by atoms with van der Waals surface area (Å²) in [6.07, 6.45) is 14.8. The number of hydrogen-bond donors (Lipinski definition) is 1. The molecule has 0 aliphatic heterocycles. The summed E-state index contributed by atoms with van der Waals surface area (Å²) in [6, 6.07) is 0. The Balaban J connectivity index is 1.67. The van der Waals surface area contributed by atoms with Crippen molar-refractivity contribution in [1.29, 1.82) is 0 Å². The highest BCUT2D eigenvalue weighted by Crippen LogP contribution is 2.72. The van der Waals surface area contributed by atoms with E-state index in [4.69, 9.17) is 0 Å². The maximum absolute atomic E-state index is 12.3. The number of aliphatic hydroxyl groups is 1. The molecular formula is C30H48O2. The van der Waals surface area contributed by atoms with Crippen LogP contribution in [0.2, 0.25) is 0 Å². The summed E-state index contributed by atoms with van der Waals surface area (Å²) in [5, 5.41) is 10.8. The molecule has 180 valence electrons. The number of aldehydes is 1. The number of rotatable bonds is 5. The third-order valence-corrected chi connectivity index (χ3v) is 11.5. The normalized spacial score (nSPS) is 43.7. The summed E-state index contributed by atoms with van der Waals surface area (Å²) >= 11 is 0. The molecule has 0 bridgehead atoms. The molecule has 2 fully saturated rings. The minimum atomic E-state index is -0.169. The Hall–Kier alpha value is -0.890. The monoisotopic (exact) mass is 440 g/mol. The molecule has 2 nitrogen and oxygen atoms in total. The molecule has 0 aromatic carbocycles. The Morgan fingerprint density at radius 2 is 1.72 bits per heavy atom. The number of carbonyl (C=O) groups is 1. The fourth-order valence-corrected chi connectivity index (χ4v) is 9.33. The maximum Gasteiger partial charge on any atom is 0.123 e. The topological polar surface area (TPSA) is 37.3 Å². The molecule has 2 saturated carbocycles. The molecule has 0 amide bonds. The lowest BCUT2D eigenvalue weighted by Gasteiger charge is -2.62. The first kappa shape index (κ1) is 24.2. The lowest BCUT2D eigenvalue weighted by Crippen LogP contribution is -2.55. The Morgan fingerprint density at radius 1 is 1.00 bits per heavy atom. The molecule has 4 rings (SSSR count). The van der Waals surface area contributed by atoms with Crippen LogP contribution in [-0.4, -0.2) is 17.5 Å². The summed E-state index contributed by atoms with van der Waals surface area (Å²) in [7, 11) is 0. The van der Waals surface area contributed by atoms with Crippen molar-refractivity contribution in [1.82, 2.24) is 0 Å². The molecule has 0 saturated heterocycles. The van der Waals surface area contributed by atoms with Gasteiger partial charge in [0.1, 0.15) is 6.29 Å². The van der Waals surface area contributed by atoms with Crippen LogP contribution in [0, 0.1) is 39.4 Å². The zero-order valence-electron chi connectivity index (χ0n) is 21.9. The van der Waals surface area contributed by atoms with Gasteiger partial charge in [-0.2, -0.15) is 0 Å². The highest BCUT2D eigenvalue weighted by molar-refractivity contribution is 5.55. The fraction of sp³-hybridized carbons (Fsp3) is 0.833. The van der Waals surface area contributed by atoms with Gasteiger partial charge in [-0.25, -0.2) is 0 Å². The van der Waals surface area contributed by atoms with E-state index in [1.807, 2.05) is 0 Å². The van der Waals surface area contributed by atoms with Crippen LogP contribution in [0.25, 0.3) is 0 Å². The lowest BCUT2D eigenvalue weighted by molar-refractivity contribution is -0.115. The van der Waals surface area contributed by atoms with Crippen molar-refractivity contribution < 1.29 is 9.90 Å². The van der Waals surface area contributed by atoms with Crippen LogP contribution in [0.4, 0.5) is 0 Å². The van der Waals surface area contributed by atoms with Crippen molar-refractivity contribution in [3.05, 3.63) is 22.8 Å². The standard InChI is InChI=1S/C30H48O2/c1-20(2)9-8-10-21(19-31)22-13-17-30(7)24-11-12-25-27(3,4)26(32)15-16-28(25,5)23(24)14-18-29(22,30)6/h9,19,21-22,25-26,32H,8,10-18H2,1-7H3/t21?,22?,25?,26-,28+,29+,30-/m0/s1. The number of hydrogen-bond acceptors (Lipinski definition) is 2. The van der Waals surface area contributed by atoms with E-state index in [0.29, 0.717) is 11.8 Å². The molecule has 7 atom stereocenters. The van der Waals surface area contributed by atoms with Crippen molar-refractivity contribution in [2.45, 2.75) is 119 Å². The maximum atomic E-state index is 12.3. The van der Waals surface area contributed by atoms with Gasteiger partial charge in [-0.1, -0.05) is 57.4 Å². The first-order chi connectivity index (χ1) is 14.9. The smallest absolute Gasteiger partial charge is 0.123 e. The summed E-state index contributed by atoms with van der Waals surface area (Å²) in [5.41, 5.74) is 5.60. The summed E-state index contributed by atoms with van der Waals surface area (Å²) in [5.74, 6) is 1.28. The summed E-state index contributed by atoms with van der Waals surface area (Å²) in [6.45, 7) is 16.6. The van der Waals surface area contributed by atoms with E-state index < -0.39 is 0 Å². The molecular weight excluding hydrogens is 392 g/mol. The van der Waals surface area contributed by atoms with Crippen LogP contribution in [0.5, 0.6) is 0 Å². The van der Waals surface area contributed by atoms with Crippen molar-refractivity contribution >= 4 is 6.29 Å². The molecule has 0 aromatic rings. The summed E-state index contributed by atoms with van der Waals surface area (Å²) < 4.78 is 0. The van der Waals surface area contributed by atoms with Crippen LogP contribution in [0.15, 0.2) is 22.8 Å². The Morgan fingerprint density at radius 3 is 2.38 bits per heavy atom. The van der Waals surface area contributed by atoms with E-state index in [-0.39, 0.29) is 33.7 Å². The molecule has 0 spiro atoms. The molecule has 0 heterocycles. The van der Waals surface area contributed by atoms with E-state index in [9.17, 15) is 9.90 Å². The van der Waals surface area contributed by atoms with Crippen LogP contribution >= 0.6 is 0 Å². The quantitative estimate of drug-likeness (QED) is 0.352. The molecule has 2 heteroatoms. The summed E-state index contributed by atoms with van der Waals surface area (Å²) in [4.78, 5) is 12.3. The third kappa shape index (κ3) is 3.33. The minimum Gasteiger partial charge on any atom is -0.393 e. The second-order valence-electron chi connectivity index (χ2n) is 13.4. The van der Waals surface area contributed by atoms with Gasteiger partial charge >= 0.3 is 0 Å². The SMILES string of the molecule is CC(C)=CCCC(C=O)C1CC[C@@]2(C)C3=C(CC[C@]12C)[C@@]1(C)CC[C@H](O)C(C)(C)C1CC3. The third-order valence-electron chi connectivity index (χ3n) is 11.5. The predicted molar refractivity (Wildman–Crippen MR) is 133 cm³/mol. The molecule has 0 aromatic heterocycles. The van der Waals surface area contributed by atoms with Gasteiger partial charge in [-0.05, 0) is 112 Å². The van der Waals surface area contributed by atoms with E-state index in [2.05, 4.69) is 54.5 Å². The van der Waals surface area contributed by atoms with Crippen molar-refractivity contribution in [2.75, 3.05) is 0 Å². The molecule has 0 radical (unpaired) electrons. The minimum absolute atomic E-state index is 0.00106. The average Bonchev–Trinajstić information content (AvgIpc) is 3.00. The van der Waals surface area contributed by atoms with Crippen molar-refractivity contribution in [2.24, 2.45) is 39.4 Å². The van der Waals surface area contributed by atoms with Gasteiger partial charge < -0.3 is 9.90 Å². The van der Waals surface area contributed by atoms with Gasteiger partial charge in [-0.3, -0.25) is 0 Å². The van der Waals surface area contributed by atoms with Crippen molar-refractivity contribution in [3.63, 3.8) is 0 Å². The Kier molecular flexibility index (Phi) is 6.14. The lowest BCUT2D eigenvalue weighted by atomic mass is 9.43. The van der Waals surface area contributed by atoms with Crippen LogP contribution in [-0.2, 0) is 4.79 Å². The van der Waals surface area contributed by atoms with Gasteiger partial charge in [0.25, 0.3) is 0 Å². The van der Waals surface area contributed by atoms with Gasteiger partial charge in [0.05, 0.1) is 6.10 Å². The van der Waals surface area contributed by atoms with E-state index in [1.54, 1.807) is 11.1 Å². The Labute approximate surface area is 197 Å². The first-order valence-corrected chi connectivity index (χ1v) is 13.4. The highest BCUT2D eigenvalue weighted by Gasteiger charge is 2.63. The zero-order valence-corrected chi connectivity index (χ0v) is 21.9. The highest BCUT2D eigenvalue weighted by atomic mass is 16.3. The van der Waals surface area contributed by atoms with Crippen LogP contribution < -0.4 is 0 Å². The zero-order chi connectivity index (χ0) is 23.5. The van der Waals surface area contributed by atoms with Gasteiger partial charge in [0.2, 0.25) is 0 Å². The van der Waals surface area contributed by atoms with Crippen LogP contribution in [0.3, 0.4) is 0 Å². The van der Waals surface area contributed by atoms with Gasteiger partial charge in [0, 0.05) is 5.92 Å². The number of fused-ring (bicyclic) bond motifs is 4. The first-order valence-electron chi connectivity index (χ1n) is 13.4. The van der Waals surface area contributed by atoms with E-state index >= 15 is 0 Å². The van der Waals surface area contributed by atoms with E-state index in [1.165, 1.54) is 50.4 Å². The number of allylic oxidation sites excluding steroid dienone is 4. The fourth-order valence-electron chi connectivity index (χ4n) is 9.33. The largest absolute Gasteiger partial charge is 0.393 e. The second kappa shape index (κ2) is 8.10. The molecule has 3 unspecified atom stereocenters. The molecule has 1 N–H and O–H groups in total. The van der Waals surface area contributed by atoms with Gasteiger partial charge in [0.15, 0.2) is 0 Å². The van der Waals surface area contributed by atoms with Crippen LogP contribution in [0.1, 0.15) is 113 Å².